The first kappa shape index (κ1) is 20.1. The number of aromatic nitrogens is 5. The zero-order valence-electron chi connectivity index (χ0n) is 19.0. The molecule has 1 amide bonds. The van der Waals surface area contributed by atoms with Crippen molar-refractivity contribution >= 4 is 22.6 Å². The third-order valence-corrected chi connectivity index (χ3v) is 7.02. The predicted molar refractivity (Wildman–Crippen MR) is 130 cm³/mol. The zero-order chi connectivity index (χ0) is 23.4. The third-order valence-electron chi connectivity index (χ3n) is 7.02. The first-order chi connectivity index (χ1) is 17.2. The lowest BCUT2D eigenvalue weighted by molar-refractivity contribution is -0.117. The largest absolute Gasteiger partial charge is 0.339 e. The van der Waals surface area contributed by atoms with Gasteiger partial charge in [0.2, 0.25) is 17.6 Å². The van der Waals surface area contributed by atoms with Crippen LogP contribution in [-0.2, 0) is 17.6 Å². The minimum Gasteiger partial charge on any atom is -0.339 e. The van der Waals surface area contributed by atoms with Gasteiger partial charge in [0.1, 0.15) is 12.1 Å². The number of hydrogen-bond acceptors (Lipinski definition) is 6. The van der Waals surface area contributed by atoms with Gasteiger partial charge in [0.25, 0.3) is 0 Å². The molecule has 35 heavy (non-hydrogen) atoms. The number of nitrogens with zero attached hydrogens (tertiary/aromatic N) is 6. The molecule has 172 valence electrons. The second kappa shape index (κ2) is 7.87. The molecule has 8 nitrogen and oxygen atoms in total. The van der Waals surface area contributed by atoms with E-state index in [0.717, 1.165) is 40.9 Å². The van der Waals surface area contributed by atoms with Crippen LogP contribution in [0.5, 0.6) is 0 Å². The fourth-order valence-electron chi connectivity index (χ4n) is 5.17. The highest BCUT2D eigenvalue weighted by molar-refractivity contribution is 5.96. The van der Waals surface area contributed by atoms with E-state index in [1.165, 1.54) is 17.5 Å². The summed E-state index contributed by atoms with van der Waals surface area (Å²) in [5, 5.41) is 4.17. The Morgan fingerprint density at radius 2 is 1.89 bits per heavy atom. The summed E-state index contributed by atoms with van der Waals surface area (Å²) >= 11 is 0. The lowest BCUT2D eigenvalue weighted by Crippen LogP contribution is -2.24. The average molecular weight is 463 g/mol. The van der Waals surface area contributed by atoms with Crippen LogP contribution in [0.4, 0.5) is 5.69 Å². The summed E-state index contributed by atoms with van der Waals surface area (Å²) in [7, 11) is 0. The van der Waals surface area contributed by atoms with Gasteiger partial charge in [-0.15, -0.1) is 0 Å². The van der Waals surface area contributed by atoms with Gasteiger partial charge in [-0.05, 0) is 66.8 Å². The summed E-state index contributed by atoms with van der Waals surface area (Å²) in [4.78, 5) is 28.3. The maximum Gasteiger partial charge on any atom is 0.232 e. The normalized spacial score (nSPS) is 17.4. The van der Waals surface area contributed by atoms with E-state index in [0.29, 0.717) is 24.7 Å². The Morgan fingerprint density at radius 3 is 2.80 bits per heavy atom. The van der Waals surface area contributed by atoms with Gasteiger partial charge >= 0.3 is 0 Å². The summed E-state index contributed by atoms with van der Waals surface area (Å²) in [5.41, 5.74) is 6.39. The first-order valence-corrected chi connectivity index (χ1v) is 11.9. The molecule has 1 unspecified atom stereocenters. The van der Waals surface area contributed by atoms with Crippen LogP contribution >= 0.6 is 0 Å². The molecule has 2 aromatic carbocycles. The number of carbonyl (C=O) groups is 1. The standard InChI is InChI=1S/C27H22N6O2/c34-25-13-20(15-32(25)21-10-8-17-4-3-5-18(17)12-21)27-30-26(31-35-27)19-9-11-24(28-14-19)33-16-29-22-6-1-2-7-23(22)33/h1-2,6-12,14,16,20H,3-5,13,15H2. The van der Waals surface area contributed by atoms with Crippen molar-refractivity contribution in [3.8, 4) is 17.2 Å². The molecule has 8 heteroatoms. The number of carbonyl (C=O) groups excluding carboxylic acids is 1. The monoisotopic (exact) mass is 462 g/mol. The topological polar surface area (TPSA) is 89.9 Å². The van der Waals surface area contributed by atoms with E-state index in [1.54, 1.807) is 12.5 Å². The number of amides is 1. The number of rotatable bonds is 4. The van der Waals surface area contributed by atoms with Gasteiger partial charge in [0, 0.05) is 30.4 Å². The van der Waals surface area contributed by atoms with Crippen molar-refractivity contribution in [2.45, 2.75) is 31.6 Å². The van der Waals surface area contributed by atoms with E-state index < -0.39 is 0 Å². The number of pyridine rings is 1. The lowest BCUT2D eigenvalue weighted by atomic mass is 10.1. The fourth-order valence-corrected chi connectivity index (χ4v) is 5.17. The molecule has 0 saturated carbocycles. The van der Waals surface area contributed by atoms with E-state index in [-0.39, 0.29) is 11.8 Å². The minimum atomic E-state index is -0.124. The van der Waals surface area contributed by atoms with Gasteiger partial charge in [-0.1, -0.05) is 23.4 Å². The van der Waals surface area contributed by atoms with Crippen LogP contribution in [0.1, 0.15) is 35.8 Å². The van der Waals surface area contributed by atoms with E-state index in [9.17, 15) is 4.79 Å². The van der Waals surface area contributed by atoms with Gasteiger partial charge in [0.15, 0.2) is 0 Å². The molecule has 0 spiro atoms. The van der Waals surface area contributed by atoms with Gasteiger partial charge in [-0.2, -0.15) is 4.98 Å². The SMILES string of the molecule is O=C1CC(c2nc(-c3ccc(-n4cnc5ccccc54)nc3)no2)CN1c1ccc2c(c1)CCC2. The van der Waals surface area contributed by atoms with Crippen molar-refractivity contribution in [3.63, 3.8) is 0 Å². The fraction of sp³-hybridized carbons (Fsp3) is 0.222. The van der Waals surface area contributed by atoms with Gasteiger partial charge in [0.05, 0.1) is 17.0 Å². The van der Waals surface area contributed by atoms with E-state index in [2.05, 4.69) is 38.3 Å². The van der Waals surface area contributed by atoms with Crippen LogP contribution in [0.15, 0.2) is 71.6 Å². The second-order valence-corrected chi connectivity index (χ2v) is 9.18. The van der Waals surface area contributed by atoms with Crippen LogP contribution in [0.3, 0.4) is 0 Å². The molecule has 1 fully saturated rings. The number of anilines is 1. The Bertz CT molecular complexity index is 1570. The molecule has 7 rings (SSSR count). The molecule has 0 N–H and O–H groups in total. The summed E-state index contributed by atoms with van der Waals surface area (Å²) in [6.07, 6.45) is 7.27. The maximum absolute atomic E-state index is 12.8. The Hall–Kier alpha value is -4.33. The molecular formula is C27H22N6O2. The summed E-state index contributed by atoms with van der Waals surface area (Å²) < 4.78 is 7.53. The predicted octanol–water partition coefficient (Wildman–Crippen LogP) is 4.48. The van der Waals surface area contributed by atoms with Crippen molar-refractivity contribution in [3.05, 3.63) is 84.1 Å². The highest BCUT2D eigenvalue weighted by atomic mass is 16.5. The Balaban J connectivity index is 1.11. The van der Waals surface area contributed by atoms with Crippen LogP contribution in [0, 0.1) is 0 Å². The molecule has 0 bridgehead atoms. The highest BCUT2D eigenvalue weighted by Gasteiger charge is 2.35. The summed E-state index contributed by atoms with van der Waals surface area (Å²) in [6.45, 7) is 0.546. The Kier molecular flexibility index (Phi) is 4.51. The minimum absolute atomic E-state index is 0.0891. The van der Waals surface area contributed by atoms with Crippen molar-refractivity contribution in [2.75, 3.05) is 11.4 Å². The molecule has 4 heterocycles. The van der Waals surface area contributed by atoms with Gasteiger partial charge in [-0.3, -0.25) is 9.36 Å². The number of fused-ring (bicyclic) bond motifs is 2. The number of aryl methyl sites for hydroxylation is 2. The molecule has 3 aromatic heterocycles. The molecular weight excluding hydrogens is 440 g/mol. The smallest absolute Gasteiger partial charge is 0.232 e. The van der Waals surface area contributed by atoms with Crippen molar-refractivity contribution < 1.29 is 9.32 Å². The molecule has 0 radical (unpaired) electrons. The van der Waals surface area contributed by atoms with Gasteiger partial charge in [-0.25, -0.2) is 9.97 Å². The summed E-state index contributed by atoms with van der Waals surface area (Å²) in [5.74, 6) is 1.69. The molecule has 2 aliphatic rings. The van der Waals surface area contributed by atoms with Crippen molar-refractivity contribution in [1.82, 2.24) is 24.7 Å². The quantitative estimate of drug-likeness (QED) is 0.391. The Morgan fingerprint density at radius 1 is 0.971 bits per heavy atom. The molecule has 1 atom stereocenters. The maximum atomic E-state index is 12.8. The highest BCUT2D eigenvalue weighted by Crippen LogP contribution is 2.34. The van der Waals surface area contributed by atoms with Crippen molar-refractivity contribution in [1.29, 1.82) is 0 Å². The van der Waals surface area contributed by atoms with Crippen LogP contribution in [-0.4, -0.2) is 37.1 Å². The van der Waals surface area contributed by atoms with Crippen molar-refractivity contribution in [2.24, 2.45) is 0 Å². The number of hydrogen-bond donors (Lipinski definition) is 0. The molecule has 1 aliphatic carbocycles. The van der Waals surface area contributed by atoms with E-state index in [1.807, 2.05) is 45.9 Å². The van der Waals surface area contributed by atoms with Crippen LogP contribution in [0.2, 0.25) is 0 Å². The zero-order valence-corrected chi connectivity index (χ0v) is 19.0. The second-order valence-electron chi connectivity index (χ2n) is 9.18. The van der Waals surface area contributed by atoms with Crippen LogP contribution < -0.4 is 4.90 Å². The van der Waals surface area contributed by atoms with Gasteiger partial charge < -0.3 is 9.42 Å². The molecule has 5 aromatic rings. The number of imidazole rings is 1. The average Bonchev–Trinajstić information content (AvgIpc) is 3.69. The number of para-hydroxylation sites is 2. The Labute approximate surface area is 201 Å². The molecule has 1 saturated heterocycles. The van der Waals surface area contributed by atoms with E-state index >= 15 is 0 Å². The van der Waals surface area contributed by atoms with E-state index in [4.69, 9.17) is 4.52 Å². The summed E-state index contributed by atoms with van der Waals surface area (Å²) in [6, 6.07) is 18.1. The number of benzene rings is 2. The first-order valence-electron chi connectivity index (χ1n) is 11.9. The lowest BCUT2D eigenvalue weighted by Gasteiger charge is -2.17. The third kappa shape index (κ3) is 3.41. The molecule has 1 aliphatic heterocycles. The van der Waals surface area contributed by atoms with Crippen LogP contribution in [0.25, 0.3) is 28.2 Å².